The topological polar surface area (TPSA) is 33.2 Å². The van der Waals surface area contributed by atoms with Crippen LogP contribution in [-0.2, 0) is 4.79 Å². The second kappa shape index (κ2) is 5.85. The number of benzene rings is 1. The Hall–Kier alpha value is -1.88. The molecule has 1 aliphatic rings. The number of hydrogen-bond donors (Lipinski definition) is 0. The lowest BCUT2D eigenvalue weighted by atomic mass is 10.1. The molecule has 0 atom stereocenters. The zero-order chi connectivity index (χ0) is 14.8. The summed E-state index contributed by atoms with van der Waals surface area (Å²) in [5, 5.41) is 0.929. The predicted molar refractivity (Wildman–Crippen MR) is 83.0 cm³/mol. The number of rotatable bonds is 3. The highest BCUT2D eigenvalue weighted by Gasteiger charge is 2.24. The molecule has 0 N–H and O–H groups in total. The molecule has 1 aromatic heterocycles. The molecule has 0 saturated carbocycles. The summed E-state index contributed by atoms with van der Waals surface area (Å²) in [6.45, 7) is 0.596. The molecule has 3 nitrogen and oxygen atoms in total. The fourth-order valence-corrected chi connectivity index (χ4v) is 2.84. The van der Waals surface area contributed by atoms with E-state index in [1.807, 2.05) is 24.5 Å². The van der Waals surface area contributed by atoms with Crippen LogP contribution in [0.3, 0.4) is 0 Å². The first kappa shape index (κ1) is 14.1. The maximum Gasteiger partial charge on any atom is 0.227 e. The first-order valence-corrected chi connectivity index (χ1v) is 8.02. The van der Waals surface area contributed by atoms with E-state index in [2.05, 4.69) is 4.98 Å². The Morgan fingerprint density at radius 2 is 2.05 bits per heavy atom. The summed E-state index contributed by atoms with van der Waals surface area (Å²) in [6.07, 6.45) is 4.99. The SMILES string of the molecule is CSc1ccc(-c2ccc(N3CCCC3=O)c(F)c2)cn1. The van der Waals surface area contributed by atoms with Crippen molar-refractivity contribution < 1.29 is 9.18 Å². The van der Waals surface area contributed by atoms with Gasteiger partial charge in [-0.05, 0) is 36.4 Å². The minimum atomic E-state index is -0.364. The molecule has 0 bridgehead atoms. The quantitative estimate of drug-likeness (QED) is 0.810. The molecule has 1 aromatic carbocycles. The fourth-order valence-electron chi connectivity index (χ4n) is 2.48. The number of carbonyl (C=O) groups is 1. The molecule has 1 aliphatic heterocycles. The van der Waals surface area contributed by atoms with E-state index in [1.54, 1.807) is 24.0 Å². The molecular weight excluding hydrogens is 287 g/mol. The Bertz CT molecular complexity index is 672. The molecule has 2 heterocycles. The number of aromatic nitrogens is 1. The lowest BCUT2D eigenvalue weighted by molar-refractivity contribution is -0.117. The normalized spacial score (nSPS) is 14.8. The van der Waals surface area contributed by atoms with Crippen molar-refractivity contribution >= 4 is 23.4 Å². The van der Waals surface area contributed by atoms with Crippen molar-refractivity contribution in [1.82, 2.24) is 4.98 Å². The van der Waals surface area contributed by atoms with Crippen LogP contribution in [0.15, 0.2) is 41.6 Å². The molecule has 1 fully saturated rings. The van der Waals surface area contributed by atoms with Gasteiger partial charge >= 0.3 is 0 Å². The van der Waals surface area contributed by atoms with E-state index >= 15 is 0 Å². The monoisotopic (exact) mass is 302 g/mol. The van der Waals surface area contributed by atoms with Gasteiger partial charge in [-0.2, -0.15) is 0 Å². The van der Waals surface area contributed by atoms with Gasteiger partial charge in [0.2, 0.25) is 5.91 Å². The molecule has 21 heavy (non-hydrogen) atoms. The van der Waals surface area contributed by atoms with Gasteiger partial charge in [-0.25, -0.2) is 9.37 Å². The number of carbonyl (C=O) groups excluding carboxylic acids is 1. The van der Waals surface area contributed by atoms with Crippen LogP contribution in [0.2, 0.25) is 0 Å². The van der Waals surface area contributed by atoms with Gasteiger partial charge < -0.3 is 4.90 Å². The van der Waals surface area contributed by atoms with E-state index < -0.39 is 0 Å². The Balaban J connectivity index is 1.91. The van der Waals surface area contributed by atoms with Gasteiger partial charge in [0.05, 0.1) is 10.7 Å². The summed E-state index contributed by atoms with van der Waals surface area (Å²) in [5.74, 6) is -0.371. The zero-order valence-corrected chi connectivity index (χ0v) is 12.5. The summed E-state index contributed by atoms with van der Waals surface area (Å²) in [6, 6.07) is 8.82. The number of amides is 1. The third kappa shape index (κ3) is 2.78. The summed E-state index contributed by atoms with van der Waals surface area (Å²) in [4.78, 5) is 17.5. The summed E-state index contributed by atoms with van der Waals surface area (Å²) >= 11 is 1.57. The molecule has 3 rings (SSSR count). The molecule has 0 aliphatic carbocycles. The minimum Gasteiger partial charge on any atom is -0.310 e. The van der Waals surface area contributed by atoms with Crippen LogP contribution in [0.1, 0.15) is 12.8 Å². The number of thioether (sulfide) groups is 1. The van der Waals surface area contributed by atoms with Gasteiger partial charge in [0.25, 0.3) is 0 Å². The molecule has 0 radical (unpaired) electrons. The highest BCUT2D eigenvalue weighted by Crippen LogP contribution is 2.29. The van der Waals surface area contributed by atoms with Crippen LogP contribution < -0.4 is 4.90 Å². The Morgan fingerprint density at radius 1 is 1.24 bits per heavy atom. The van der Waals surface area contributed by atoms with E-state index in [0.717, 1.165) is 22.6 Å². The fraction of sp³-hybridized carbons (Fsp3) is 0.250. The van der Waals surface area contributed by atoms with E-state index in [0.29, 0.717) is 18.7 Å². The van der Waals surface area contributed by atoms with Crippen LogP contribution in [0, 0.1) is 5.82 Å². The highest BCUT2D eigenvalue weighted by atomic mass is 32.2. The highest BCUT2D eigenvalue weighted by molar-refractivity contribution is 7.98. The molecular formula is C16H15FN2OS. The summed E-state index contributed by atoms with van der Waals surface area (Å²) in [5.41, 5.74) is 2.00. The van der Waals surface area contributed by atoms with Crippen molar-refractivity contribution in [2.24, 2.45) is 0 Å². The number of nitrogens with zero attached hydrogens (tertiary/aromatic N) is 2. The molecule has 2 aromatic rings. The van der Waals surface area contributed by atoms with E-state index in [1.165, 1.54) is 11.0 Å². The molecule has 5 heteroatoms. The van der Waals surface area contributed by atoms with E-state index in [4.69, 9.17) is 0 Å². The number of pyridine rings is 1. The first-order valence-electron chi connectivity index (χ1n) is 6.79. The lowest BCUT2D eigenvalue weighted by Crippen LogP contribution is -2.24. The van der Waals surface area contributed by atoms with Crippen LogP contribution >= 0.6 is 11.8 Å². The third-order valence-corrected chi connectivity index (χ3v) is 4.25. The van der Waals surface area contributed by atoms with Gasteiger partial charge in [0, 0.05) is 24.7 Å². The number of halogens is 1. The van der Waals surface area contributed by atoms with E-state index in [9.17, 15) is 9.18 Å². The molecule has 1 amide bonds. The van der Waals surface area contributed by atoms with Gasteiger partial charge in [-0.1, -0.05) is 12.1 Å². The Kier molecular flexibility index (Phi) is 3.92. The molecule has 108 valence electrons. The van der Waals surface area contributed by atoms with Crippen LogP contribution in [0.5, 0.6) is 0 Å². The van der Waals surface area contributed by atoms with Gasteiger partial charge in [0.1, 0.15) is 5.82 Å². The average molecular weight is 302 g/mol. The maximum atomic E-state index is 14.3. The summed E-state index contributed by atoms with van der Waals surface area (Å²) < 4.78 is 14.3. The third-order valence-electron chi connectivity index (χ3n) is 3.59. The van der Waals surface area contributed by atoms with Crippen LogP contribution in [-0.4, -0.2) is 23.7 Å². The van der Waals surface area contributed by atoms with Crippen LogP contribution in [0.25, 0.3) is 11.1 Å². The van der Waals surface area contributed by atoms with E-state index in [-0.39, 0.29) is 11.7 Å². The van der Waals surface area contributed by atoms with Crippen molar-refractivity contribution in [2.75, 3.05) is 17.7 Å². The van der Waals surface area contributed by atoms with Gasteiger partial charge in [-0.3, -0.25) is 4.79 Å². The smallest absolute Gasteiger partial charge is 0.227 e. The number of hydrogen-bond acceptors (Lipinski definition) is 3. The maximum absolute atomic E-state index is 14.3. The summed E-state index contributed by atoms with van der Waals surface area (Å²) in [7, 11) is 0. The second-order valence-electron chi connectivity index (χ2n) is 4.90. The van der Waals surface area contributed by atoms with Crippen molar-refractivity contribution in [3.63, 3.8) is 0 Å². The van der Waals surface area contributed by atoms with Gasteiger partial charge in [0.15, 0.2) is 0 Å². The minimum absolute atomic E-state index is 0.00681. The lowest BCUT2D eigenvalue weighted by Gasteiger charge is -2.17. The van der Waals surface area contributed by atoms with Crippen molar-refractivity contribution in [3.8, 4) is 11.1 Å². The standard InChI is InChI=1S/C16H15FN2OS/c1-21-15-7-5-12(10-18-15)11-4-6-14(13(17)9-11)19-8-2-3-16(19)20/h4-7,9-10H,2-3,8H2,1H3. The zero-order valence-electron chi connectivity index (χ0n) is 11.7. The van der Waals surface area contributed by atoms with Crippen molar-refractivity contribution in [1.29, 1.82) is 0 Å². The molecule has 0 spiro atoms. The Morgan fingerprint density at radius 3 is 2.62 bits per heavy atom. The molecule has 0 unspecified atom stereocenters. The number of anilines is 1. The largest absolute Gasteiger partial charge is 0.310 e. The van der Waals surface area contributed by atoms with Gasteiger partial charge in [-0.15, -0.1) is 11.8 Å². The van der Waals surface area contributed by atoms with Crippen molar-refractivity contribution in [2.45, 2.75) is 17.9 Å². The second-order valence-corrected chi connectivity index (χ2v) is 5.73. The average Bonchev–Trinajstić information content (AvgIpc) is 2.93. The predicted octanol–water partition coefficient (Wildman–Crippen LogP) is 3.74. The van der Waals surface area contributed by atoms with Crippen molar-refractivity contribution in [3.05, 3.63) is 42.3 Å². The Labute approximate surface area is 127 Å². The first-order chi connectivity index (χ1) is 10.2. The van der Waals surface area contributed by atoms with Crippen LogP contribution in [0.4, 0.5) is 10.1 Å². The molecule has 1 saturated heterocycles.